The van der Waals surface area contributed by atoms with Gasteiger partial charge in [0.05, 0.1) is 30.1 Å². The molecule has 8 heteroatoms. The Morgan fingerprint density at radius 1 is 0.950 bits per heavy atom. The van der Waals surface area contributed by atoms with Crippen LogP contribution in [0.25, 0.3) is 0 Å². The van der Waals surface area contributed by atoms with Crippen molar-refractivity contribution in [1.29, 1.82) is 0 Å². The summed E-state index contributed by atoms with van der Waals surface area (Å²) in [5, 5.41) is 10.3. The van der Waals surface area contributed by atoms with E-state index in [0.717, 1.165) is 31.2 Å². The van der Waals surface area contributed by atoms with E-state index in [1.54, 1.807) is 9.80 Å². The number of hydrogen-bond donors (Lipinski definition) is 1. The molecule has 5 aliphatic rings. The van der Waals surface area contributed by atoms with Crippen molar-refractivity contribution in [2.24, 2.45) is 11.8 Å². The number of amides is 3. The average Bonchev–Trinajstić information content (AvgIpc) is 3.24. The topological polar surface area (TPSA) is 90.4 Å². The van der Waals surface area contributed by atoms with Gasteiger partial charge in [0.15, 0.2) is 0 Å². The highest BCUT2D eigenvalue weighted by Gasteiger charge is 2.75. The number of likely N-dealkylation sites (tertiary alicyclic amines) is 1. The predicted molar refractivity (Wildman–Crippen MR) is 150 cm³/mol. The Bertz CT molecular complexity index is 1210. The Labute approximate surface area is 236 Å². The molecule has 40 heavy (non-hydrogen) atoms. The molecule has 3 amide bonds. The first-order valence-electron chi connectivity index (χ1n) is 15.0. The normalized spacial score (nSPS) is 34.9. The van der Waals surface area contributed by atoms with Crippen LogP contribution in [0.3, 0.4) is 0 Å². The summed E-state index contributed by atoms with van der Waals surface area (Å²) in [5.41, 5.74) is -1.31. The van der Waals surface area contributed by atoms with Gasteiger partial charge in [-0.15, -0.1) is 0 Å². The Morgan fingerprint density at radius 2 is 1.68 bits per heavy atom. The van der Waals surface area contributed by atoms with Crippen molar-refractivity contribution in [3.63, 3.8) is 0 Å². The molecule has 1 N–H and O–H groups in total. The smallest absolute Gasteiger partial charge is 0.249 e. The van der Waals surface area contributed by atoms with E-state index in [1.807, 2.05) is 73.4 Å². The lowest BCUT2D eigenvalue weighted by atomic mass is 9.74. The van der Waals surface area contributed by atoms with E-state index in [-0.39, 0.29) is 30.4 Å². The summed E-state index contributed by atoms with van der Waals surface area (Å²) < 4.78 is 6.93. The van der Waals surface area contributed by atoms with Crippen molar-refractivity contribution >= 4 is 17.7 Å². The van der Waals surface area contributed by atoms with Crippen molar-refractivity contribution in [2.45, 2.75) is 88.2 Å². The number of carbonyl (C=O) groups is 3. The molecule has 1 saturated carbocycles. The highest BCUT2D eigenvalue weighted by Crippen LogP contribution is 2.58. The molecule has 2 saturated heterocycles. The standard InChI is InChI=1S/C32H41N3O5/c1-3-23(21-36)35-27-30(39)34(24-14-8-5-9-15-24)19-11-17-32(27)26(29(35)38)25-28(37)33(18-10-16-31(25,2)40-32)20-22-12-6-4-7-13-22/h4,6-7,10-13,16-17,23-27,36H,3,5,8-9,14-15,18-21H2,1-2H3/t23-,25+,26-,27?,31-,32-/m0/s1. The van der Waals surface area contributed by atoms with E-state index in [4.69, 9.17) is 4.74 Å². The Morgan fingerprint density at radius 3 is 2.38 bits per heavy atom. The fraction of sp³-hybridized carbons (Fsp3) is 0.594. The first kappa shape index (κ1) is 27.2. The van der Waals surface area contributed by atoms with Gasteiger partial charge in [0, 0.05) is 25.7 Å². The molecule has 4 aliphatic heterocycles. The van der Waals surface area contributed by atoms with Crippen LogP contribution in [-0.2, 0) is 25.7 Å². The number of aliphatic hydroxyl groups excluding tert-OH is 1. The van der Waals surface area contributed by atoms with Crippen LogP contribution in [0.5, 0.6) is 0 Å². The van der Waals surface area contributed by atoms with Gasteiger partial charge < -0.3 is 24.5 Å². The molecule has 8 nitrogen and oxygen atoms in total. The molecule has 3 fully saturated rings. The molecule has 1 unspecified atom stereocenters. The van der Waals surface area contributed by atoms with Crippen LogP contribution in [0.2, 0.25) is 0 Å². The lowest BCUT2D eigenvalue weighted by molar-refractivity contribution is -0.157. The maximum absolute atomic E-state index is 14.5. The molecule has 0 bridgehead atoms. The fourth-order valence-corrected chi connectivity index (χ4v) is 8.00. The minimum atomic E-state index is -1.28. The van der Waals surface area contributed by atoms with Crippen LogP contribution in [0.4, 0.5) is 0 Å². The van der Waals surface area contributed by atoms with E-state index < -0.39 is 35.1 Å². The van der Waals surface area contributed by atoms with Crippen molar-refractivity contribution in [1.82, 2.24) is 14.7 Å². The van der Waals surface area contributed by atoms with Gasteiger partial charge in [-0.2, -0.15) is 0 Å². The van der Waals surface area contributed by atoms with Gasteiger partial charge in [-0.1, -0.05) is 80.8 Å². The third kappa shape index (κ3) is 4.14. The zero-order chi connectivity index (χ0) is 28.1. The highest BCUT2D eigenvalue weighted by atomic mass is 16.5. The molecule has 0 aromatic heterocycles. The Kier molecular flexibility index (Phi) is 7.11. The first-order chi connectivity index (χ1) is 19.3. The molecule has 1 aliphatic carbocycles. The maximum atomic E-state index is 14.5. The number of nitrogens with zero attached hydrogens (tertiary/aromatic N) is 3. The molecule has 1 spiro atoms. The molecule has 1 aromatic rings. The lowest BCUT2D eigenvalue weighted by Gasteiger charge is -2.42. The van der Waals surface area contributed by atoms with Crippen LogP contribution >= 0.6 is 0 Å². The van der Waals surface area contributed by atoms with Gasteiger partial charge >= 0.3 is 0 Å². The largest absolute Gasteiger partial charge is 0.394 e. The van der Waals surface area contributed by atoms with E-state index in [2.05, 4.69) is 0 Å². The second-order valence-electron chi connectivity index (χ2n) is 12.3. The molecule has 214 valence electrons. The Hall–Kier alpha value is -2.97. The number of rotatable bonds is 6. The summed E-state index contributed by atoms with van der Waals surface area (Å²) in [6.07, 6.45) is 13.5. The number of benzene rings is 1. The minimum absolute atomic E-state index is 0.122. The first-order valence-corrected chi connectivity index (χ1v) is 15.0. The van der Waals surface area contributed by atoms with Gasteiger partial charge in [0.2, 0.25) is 17.7 Å². The van der Waals surface area contributed by atoms with Crippen LogP contribution < -0.4 is 0 Å². The summed E-state index contributed by atoms with van der Waals surface area (Å²) >= 11 is 0. The molecule has 4 heterocycles. The van der Waals surface area contributed by atoms with Crippen molar-refractivity contribution in [3.8, 4) is 0 Å². The number of carbonyl (C=O) groups excluding carboxylic acids is 3. The van der Waals surface area contributed by atoms with Crippen molar-refractivity contribution in [2.75, 3.05) is 19.7 Å². The zero-order valence-electron chi connectivity index (χ0n) is 23.6. The second-order valence-corrected chi connectivity index (χ2v) is 12.3. The van der Waals surface area contributed by atoms with Crippen LogP contribution in [0.1, 0.15) is 57.9 Å². The average molecular weight is 548 g/mol. The number of aliphatic hydroxyl groups is 1. The SMILES string of the molecule is CC[C@@H](CO)N1C(=O)[C@@H]2[C@@H]3C(=O)N(Cc4ccccc4)CC=C[C@]3(C)O[C@@]23C=CCN(C2CCCCC2)C(=O)C13. The lowest BCUT2D eigenvalue weighted by Crippen LogP contribution is -2.60. The van der Waals surface area contributed by atoms with E-state index in [1.165, 1.54) is 6.42 Å². The van der Waals surface area contributed by atoms with Crippen LogP contribution in [0, 0.1) is 11.8 Å². The quantitative estimate of drug-likeness (QED) is 0.553. The fourth-order valence-electron chi connectivity index (χ4n) is 8.00. The van der Waals surface area contributed by atoms with E-state index in [0.29, 0.717) is 26.1 Å². The summed E-state index contributed by atoms with van der Waals surface area (Å²) in [6.45, 7) is 4.85. The minimum Gasteiger partial charge on any atom is -0.394 e. The monoisotopic (exact) mass is 547 g/mol. The third-order valence-corrected chi connectivity index (χ3v) is 9.92. The Balaban J connectivity index is 1.43. The molecule has 6 rings (SSSR count). The van der Waals surface area contributed by atoms with Gasteiger partial charge in [-0.25, -0.2) is 0 Å². The van der Waals surface area contributed by atoms with E-state index in [9.17, 15) is 19.5 Å². The molecule has 1 aromatic carbocycles. The maximum Gasteiger partial charge on any atom is 0.249 e. The zero-order valence-corrected chi connectivity index (χ0v) is 23.6. The van der Waals surface area contributed by atoms with Gasteiger partial charge in [0.1, 0.15) is 11.6 Å². The summed E-state index contributed by atoms with van der Waals surface area (Å²) in [4.78, 5) is 48.7. The molecule has 6 atom stereocenters. The number of hydrogen-bond acceptors (Lipinski definition) is 5. The third-order valence-electron chi connectivity index (χ3n) is 9.92. The van der Waals surface area contributed by atoms with Gasteiger partial charge in [-0.3, -0.25) is 14.4 Å². The summed E-state index contributed by atoms with van der Waals surface area (Å²) in [7, 11) is 0. The van der Waals surface area contributed by atoms with Crippen LogP contribution in [-0.4, -0.2) is 86.6 Å². The van der Waals surface area contributed by atoms with Crippen molar-refractivity contribution in [3.05, 3.63) is 60.2 Å². The molecule has 0 radical (unpaired) electrons. The van der Waals surface area contributed by atoms with Crippen molar-refractivity contribution < 1.29 is 24.2 Å². The number of fused-ring (bicyclic) bond motifs is 2. The predicted octanol–water partition coefficient (Wildman–Crippen LogP) is 3.06. The van der Waals surface area contributed by atoms with Gasteiger partial charge in [0.25, 0.3) is 0 Å². The summed E-state index contributed by atoms with van der Waals surface area (Å²) in [5.74, 6) is -2.19. The summed E-state index contributed by atoms with van der Waals surface area (Å²) in [6, 6.07) is 8.50. The second kappa shape index (κ2) is 10.5. The number of ether oxygens (including phenoxy) is 1. The van der Waals surface area contributed by atoms with Crippen LogP contribution in [0.15, 0.2) is 54.6 Å². The highest BCUT2D eigenvalue weighted by molar-refractivity contribution is 6.00. The molecular weight excluding hydrogens is 506 g/mol. The molecular formula is C32H41N3O5. The van der Waals surface area contributed by atoms with E-state index >= 15 is 0 Å². The van der Waals surface area contributed by atoms with Gasteiger partial charge in [-0.05, 0) is 31.7 Å².